The van der Waals surface area contributed by atoms with E-state index >= 15 is 0 Å². The quantitative estimate of drug-likeness (QED) is 0.519. The van der Waals surface area contributed by atoms with Gasteiger partial charge in [0.1, 0.15) is 5.69 Å². The van der Waals surface area contributed by atoms with E-state index in [-0.39, 0.29) is 11.3 Å². The van der Waals surface area contributed by atoms with Crippen molar-refractivity contribution >= 4 is 27.6 Å². The van der Waals surface area contributed by atoms with Gasteiger partial charge in [-0.3, -0.25) is 14.5 Å². The molecule has 158 valence electrons. The lowest BCUT2D eigenvalue weighted by atomic mass is 9.93. The number of rotatable bonds is 2. The molecular formula is C23H20F2N4O2. The van der Waals surface area contributed by atoms with Crippen LogP contribution in [0.5, 0.6) is 0 Å². The topological polar surface area (TPSA) is 72.2 Å². The Balaban J connectivity index is 1.65. The van der Waals surface area contributed by atoms with Gasteiger partial charge in [0, 0.05) is 42.3 Å². The summed E-state index contributed by atoms with van der Waals surface area (Å²) in [6.45, 7) is 0.917. The molecule has 1 amide bonds. The van der Waals surface area contributed by atoms with Crippen molar-refractivity contribution in [2.45, 2.75) is 12.6 Å². The second kappa shape index (κ2) is 7.02. The maximum absolute atomic E-state index is 14.1. The summed E-state index contributed by atoms with van der Waals surface area (Å²) in [6, 6.07) is 10.9. The highest BCUT2D eigenvalue weighted by Gasteiger charge is 2.33. The van der Waals surface area contributed by atoms with E-state index in [9.17, 15) is 18.4 Å². The number of hydrogen-bond acceptors (Lipinski definition) is 3. The van der Waals surface area contributed by atoms with Crippen LogP contribution in [0.3, 0.4) is 0 Å². The fraction of sp³-hybridized carbons (Fsp3) is 0.217. The third-order valence-corrected chi connectivity index (χ3v) is 5.98. The molecule has 1 aliphatic rings. The van der Waals surface area contributed by atoms with E-state index in [4.69, 9.17) is 0 Å². The lowest BCUT2D eigenvalue weighted by molar-refractivity contribution is 0.0672. The number of halogens is 2. The van der Waals surface area contributed by atoms with Gasteiger partial charge in [-0.05, 0) is 36.7 Å². The van der Waals surface area contributed by atoms with Gasteiger partial charge in [0.15, 0.2) is 11.6 Å². The van der Waals surface area contributed by atoms with Gasteiger partial charge in [0.2, 0.25) is 0 Å². The normalized spacial score (nSPS) is 16.6. The number of fused-ring (bicyclic) bond motifs is 4. The smallest absolute Gasteiger partial charge is 0.270 e. The van der Waals surface area contributed by atoms with Crippen molar-refractivity contribution in [3.05, 3.63) is 81.4 Å². The summed E-state index contributed by atoms with van der Waals surface area (Å²) in [5, 5.41) is 1.32. The summed E-state index contributed by atoms with van der Waals surface area (Å²) in [7, 11) is 3.56. The van der Waals surface area contributed by atoms with Crippen LogP contribution in [0.4, 0.5) is 8.78 Å². The summed E-state index contributed by atoms with van der Waals surface area (Å²) in [4.78, 5) is 35.3. The number of nitrogens with zero attached hydrogens (tertiary/aromatic N) is 2. The molecule has 0 bridgehead atoms. The summed E-state index contributed by atoms with van der Waals surface area (Å²) in [5.41, 5.74) is 2.04. The van der Waals surface area contributed by atoms with Crippen LogP contribution in [0.2, 0.25) is 0 Å². The Bertz CT molecular complexity index is 1380. The standard InChI is InChI=1S/C23H20F2N4O2/c1-28-10-19-21(13-8-15(24)16(25)9-14(13)22(30)27-19)20(11-28)29(2)23(31)18-7-12-5-3-4-6-17(12)26-18/h3-9,20,26H,10-11H2,1-2H3,(H,27,30)/t20-/m0/s1. The van der Waals surface area contributed by atoms with Gasteiger partial charge in [-0.2, -0.15) is 0 Å². The molecule has 1 atom stereocenters. The van der Waals surface area contributed by atoms with Crippen LogP contribution in [0.25, 0.3) is 21.7 Å². The predicted molar refractivity (Wildman–Crippen MR) is 114 cm³/mol. The lowest BCUT2D eigenvalue weighted by Gasteiger charge is -2.37. The van der Waals surface area contributed by atoms with Crippen LogP contribution < -0.4 is 5.56 Å². The van der Waals surface area contributed by atoms with Crippen molar-refractivity contribution in [2.75, 3.05) is 20.6 Å². The van der Waals surface area contributed by atoms with E-state index in [2.05, 4.69) is 9.97 Å². The fourth-order valence-corrected chi connectivity index (χ4v) is 4.45. The zero-order valence-corrected chi connectivity index (χ0v) is 17.0. The molecule has 5 rings (SSSR count). The molecule has 31 heavy (non-hydrogen) atoms. The third-order valence-electron chi connectivity index (χ3n) is 5.98. The first-order chi connectivity index (χ1) is 14.8. The highest BCUT2D eigenvalue weighted by atomic mass is 19.2. The molecule has 0 fully saturated rings. The van der Waals surface area contributed by atoms with Crippen molar-refractivity contribution in [3.63, 3.8) is 0 Å². The third kappa shape index (κ3) is 3.11. The minimum Gasteiger partial charge on any atom is -0.351 e. The van der Waals surface area contributed by atoms with Gasteiger partial charge in [-0.15, -0.1) is 0 Å². The van der Waals surface area contributed by atoms with Crippen molar-refractivity contribution < 1.29 is 13.6 Å². The minimum atomic E-state index is -1.08. The van der Waals surface area contributed by atoms with E-state index in [1.807, 2.05) is 36.2 Å². The number of carbonyl (C=O) groups is 1. The molecule has 2 aromatic carbocycles. The fourth-order valence-electron chi connectivity index (χ4n) is 4.45. The van der Waals surface area contributed by atoms with Gasteiger partial charge in [0.05, 0.1) is 11.4 Å². The second-order valence-corrected chi connectivity index (χ2v) is 8.06. The van der Waals surface area contributed by atoms with E-state index < -0.39 is 23.2 Å². The highest BCUT2D eigenvalue weighted by Crippen LogP contribution is 2.35. The molecule has 0 saturated carbocycles. The largest absolute Gasteiger partial charge is 0.351 e. The number of benzene rings is 2. The number of pyridine rings is 1. The summed E-state index contributed by atoms with van der Waals surface area (Å²) in [5.74, 6) is -2.34. The Labute approximate surface area is 176 Å². The number of para-hydroxylation sites is 1. The summed E-state index contributed by atoms with van der Waals surface area (Å²) in [6.07, 6.45) is 0. The SMILES string of the molecule is CN1Cc2[nH]c(=O)c3cc(F)c(F)cc3c2[C@@H](N(C)C(=O)c2cc3ccccc3[nH]2)C1. The monoisotopic (exact) mass is 422 g/mol. The molecule has 4 aromatic rings. The molecule has 6 nitrogen and oxygen atoms in total. The highest BCUT2D eigenvalue weighted by molar-refractivity contribution is 5.98. The van der Waals surface area contributed by atoms with Crippen LogP contribution in [0, 0.1) is 11.6 Å². The second-order valence-electron chi connectivity index (χ2n) is 8.06. The van der Waals surface area contributed by atoms with Crippen LogP contribution >= 0.6 is 0 Å². The van der Waals surface area contributed by atoms with Crippen molar-refractivity contribution in [1.82, 2.24) is 19.8 Å². The molecule has 0 saturated heterocycles. The number of carbonyl (C=O) groups excluding carboxylic acids is 1. The summed E-state index contributed by atoms with van der Waals surface area (Å²) >= 11 is 0. The van der Waals surface area contributed by atoms with Gasteiger partial charge < -0.3 is 14.9 Å². The van der Waals surface area contributed by atoms with Crippen LogP contribution in [0.1, 0.15) is 27.8 Å². The molecule has 1 aliphatic heterocycles. The molecule has 2 N–H and O–H groups in total. The molecule has 0 radical (unpaired) electrons. The number of likely N-dealkylation sites (N-methyl/N-ethyl adjacent to an activating group) is 2. The van der Waals surface area contributed by atoms with Crippen LogP contribution in [-0.4, -0.2) is 46.3 Å². The number of H-pyrrole nitrogens is 2. The first-order valence-corrected chi connectivity index (χ1v) is 9.90. The van der Waals surface area contributed by atoms with Crippen LogP contribution in [-0.2, 0) is 6.54 Å². The molecule has 8 heteroatoms. The number of nitrogens with one attached hydrogen (secondary N) is 2. The van der Waals surface area contributed by atoms with E-state index in [0.29, 0.717) is 35.4 Å². The first kappa shape index (κ1) is 19.4. The number of aromatic nitrogens is 2. The van der Waals surface area contributed by atoms with E-state index in [0.717, 1.165) is 23.0 Å². The first-order valence-electron chi connectivity index (χ1n) is 9.90. The molecule has 0 aliphatic carbocycles. The Morgan fingerprint density at radius 2 is 1.81 bits per heavy atom. The average molecular weight is 422 g/mol. The molecular weight excluding hydrogens is 402 g/mol. The number of aromatic amines is 2. The summed E-state index contributed by atoms with van der Waals surface area (Å²) < 4.78 is 27.9. The van der Waals surface area contributed by atoms with E-state index in [1.54, 1.807) is 18.0 Å². The average Bonchev–Trinajstić information content (AvgIpc) is 3.17. The van der Waals surface area contributed by atoms with Crippen LogP contribution in [0.15, 0.2) is 47.3 Å². The van der Waals surface area contributed by atoms with Gasteiger partial charge >= 0.3 is 0 Å². The maximum atomic E-state index is 14.1. The molecule has 3 heterocycles. The van der Waals surface area contributed by atoms with Crippen molar-refractivity contribution in [3.8, 4) is 0 Å². The minimum absolute atomic E-state index is 0.0682. The van der Waals surface area contributed by atoms with Gasteiger partial charge in [-0.1, -0.05) is 18.2 Å². The molecule has 0 unspecified atom stereocenters. The zero-order chi connectivity index (χ0) is 21.9. The maximum Gasteiger partial charge on any atom is 0.270 e. The zero-order valence-electron chi connectivity index (χ0n) is 17.0. The van der Waals surface area contributed by atoms with E-state index in [1.165, 1.54) is 0 Å². The lowest BCUT2D eigenvalue weighted by Crippen LogP contribution is -2.42. The number of amides is 1. The number of hydrogen-bond donors (Lipinski definition) is 2. The Hall–Kier alpha value is -3.52. The Morgan fingerprint density at radius 1 is 1.10 bits per heavy atom. The Morgan fingerprint density at radius 3 is 2.55 bits per heavy atom. The Kier molecular flexibility index (Phi) is 4.40. The van der Waals surface area contributed by atoms with Gasteiger partial charge in [-0.25, -0.2) is 8.78 Å². The molecule has 0 spiro atoms. The predicted octanol–water partition coefficient (Wildman–Crippen LogP) is 3.55. The van der Waals surface area contributed by atoms with Gasteiger partial charge in [0.25, 0.3) is 11.5 Å². The van der Waals surface area contributed by atoms with Crippen molar-refractivity contribution in [1.29, 1.82) is 0 Å². The van der Waals surface area contributed by atoms with Crippen molar-refractivity contribution in [2.24, 2.45) is 0 Å². The molecule has 2 aromatic heterocycles.